The van der Waals surface area contributed by atoms with Crippen LogP contribution in [0.15, 0.2) is 0 Å². The zero-order valence-corrected chi connectivity index (χ0v) is 11.4. The molecule has 0 fully saturated rings. The van der Waals surface area contributed by atoms with E-state index in [9.17, 15) is 4.79 Å². The number of carbonyl (C=O) groups is 1. The first-order valence-electron chi connectivity index (χ1n) is 7.10. The number of rotatable bonds is 11. The highest BCUT2D eigenvalue weighted by Gasteiger charge is 2.12. The van der Waals surface area contributed by atoms with E-state index in [1.807, 2.05) is 0 Å². The highest BCUT2D eigenvalue weighted by molar-refractivity contribution is 5.57. The van der Waals surface area contributed by atoms with Gasteiger partial charge in [-0.05, 0) is 25.7 Å². The van der Waals surface area contributed by atoms with Crippen molar-refractivity contribution in [2.24, 2.45) is 0 Å². The van der Waals surface area contributed by atoms with Gasteiger partial charge in [0.15, 0.2) is 0 Å². The molecule has 0 saturated carbocycles. The Hall–Kier alpha value is -0.730. The molecule has 102 valence electrons. The van der Waals surface area contributed by atoms with Crippen LogP contribution in [0, 0.1) is 0 Å². The summed E-state index contributed by atoms with van der Waals surface area (Å²) in [4.78, 5) is 10.6. The minimum Gasteiger partial charge on any atom is -0.450 e. The lowest BCUT2D eigenvalue weighted by Crippen LogP contribution is -2.16. The van der Waals surface area contributed by atoms with Crippen LogP contribution in [0.3, 0.4) is 0 Å². The molecule has 0 amide bonds. The quantitative estimate of drug-likeness (QED) is 0.411. The maximum Gasteiger partial charge on any atom is 0.506 e. The van der Waals surface area contributed by atoms with Gasteiger partial charge in [0.05, 0.1) is 0 Å². The zero-order valence-electron chi connectivity index (χ0n) is 11.4. The predicted octanol–water partition coefficient (Wildman–Crippen LogP) is 4.99. The molecule has 0 heterocycles. The highest BCUT2D eigenvalue weighted by atomic mass is 16.7. The number of hydrogen-bond acceptors (Lipinski definition) is 2. The van der Waals surface area contributed by atoms with Crippen molar-refractivity contribution in [2.45, 2.75) is 84.2 Å². The second-order valence-corrected chi connectivity index (χ2v) is 4.70. The molecule has 17 heavy (non-hydrogen) atoms. The lowest BCUT2D eigenvalue weighted by atomic mass is 10.0. The van der Waals surface area contributed by atoms with Crippen LogP contribution in [0.4, 0.5) is 4.79 Å². The normalized spacial score (nSPS) is 10.8. The number of hydrogen-bond donors (Lipinski definition) is 1. The van der Waals surface area contributed by atoms with Gasteiger partial charge in [0.2, 0.25) is 0 Å². The van der Waals surface area contributed by atoms with Crippen LogP contribution in [0.5, 0.6) is 0 Å². The molecule has 0 radical (unpaired) electrons. The van der Waals surface area contributed by atoms with Crippen LogP contribution in [-0.4, -0.2) is 17.4 Å². The van der Waals surface area contributed by atoms with Crippen LogP contribution in [0.2, 0.25) is 0 Å². The summed E-state index contributed by atoms with van der Waals surface area (Å²) < 4.78 is 4.93. The third-order valence-electron chi connectivity index (χ3n) is 3.03. The first-order chi connectivity index (χ1) is 8.20. The molecule has 0 aliphatic rings. The third kappa shape index (κ3) is 11.5. The summed E-state index contributed by atoms with van der Waals surface area (Å²) in [7, 11) is 0. The Morgan fingerprint density at radius 3 is 1.76 bits per heavy atom. The average Bonchev–Trinajstić information content (AvgIpc) is 2.29. The number of carboxylic acid groups (broad SMARTS) is 1. The van der Waals surface area contributed by atoms with E-state index < -0.39 is 6.16 Å². The van der Waals surface area contributed by atoms with Crippen molar-refractivity contribution in [3.05, 3.63) is 0 Å². The third-order valence-corrected chi connectivity index (χ3v) is 3.03. The minimum atomic E-state index is -1.12. The van der Waals surface area contributed by atoms with E-state index in [4.69, 9.17) is 9.84 Å². The summed E-state index contributed by atoms with van der Waals surface area (Å²) in [5.41, 5.74) is 0. The SMILES string of the molecule is CCCCCCC(CCCCCC)OC(=O)O. The van der Waals surface area contributed by atoms with Gasteiger partial charge in [0.25, 0.3) is 0 Å². The molecule has 0 saturated heterocycles. The molecule has 0 aromatic heterocycles. The van der Waals surface area contributed by atoms with Crippen molar-refractivity contribution in [3.8, 4) is 0 Å². The Morgan fingerprint density at radius 1 is 0.941 bits per heavy atom. The van der Waals surface area contributed by atoms with Gasteiger partial charge in [-0.15, -0.1) is 0 Å². The van der Waals surface area contributed by atoms with Crippen LogP contribution < -0.4 is 0 Å². The van der Waals surface area contributed by atoms with E-state index in [-0.39, 0.29) is 6.10 Å². The molecule has 0 bridgehead atoms. The lowest BCUT2D eigenvalue weighted by molar-refractivity contribution is 0.0423. The summed E-state index contributed by atoms with van der Waals surface area (Å²) in [6.07, 6.45) is 9.99. The molecule has 0 aliphatic heterocycles. The lowest BCUT2D eigenvalue weighted by Gasteiger charge is -2.15. The topological polar surface area (TPSA) is 46.5 Å². The van der Waals surface area contributed by atoms with Crippen molar-refractivity contribution >= 4 is 6.16 Å². The van der Waals surface area contributed by atoms with Crippen molar-refractivity contribution in [3.63, 3.8) is 0 Å². The molecule has 0 spiro atoms. The standard InChI is InChI=1S/C14H28O3/c1-3-5-7-9-11-13(17-14(15)16)12-10-8-6-4-2/h13H,3-12H2,1-2H3,(H,15,16). The summed E-state index contributed by atoms with van der Waals surface area (Å²) in [6, 6.07) is 0. The summed E-state index contributed by atoms with van der Waals surface area (Å²) in [5, 5.41) is 8.67. The van der Waals surface area contributed by atoms with E-state index >= 15 is 0 Å². The average molecular weight is 244 g/mol. The van der Waals surface area contributed by atoms with E-state index in [0.717, 1.165) is 25.7 Å². The van der Waals surface area contributed by atoms with Gasteiger partial charge in [-0.3, -0.25) is 0 Å². The highest BCUT2D eigenvalue weighted by Crippen LogP contribution is 2.15. The Balaban J connectivity index is 3.68. The molecular formula is C14H28O3. The van der Waals surface area contributed by atoms with Gasteiger partial charge >= 0.3 is 6.16 Å². The van der Waals surface area contributed by atoms with Gasteiger partial charge in [0.1, 0.15) is 6.10 Å². The fourth-order valence-electron chi connectivity index (χ4n) is 2.00. The maximum atomic E-state index is 10.6. The van der Waals surface area contributed by atoms with E-state index in [0.29, 0.717) is 0 Å². The van der Waals surface area contributed by atoms with E-state index in [1.54, 1.807) is 0 Å². The van der Waals surface area contributed by atoms with Gasteiger partial charge in [-0.1, -0.05) is 52.4 Å². The Labute approximate surface area is 106 Å². The summed E-state index contributed by atoms with van der Waals surface area (Å²) >= 11 is 0. The smallest absolute Gasteiger partial charge is 0.450 e. The molecule has 0 aromatic rings. The molecule has 0 aromatic carbocycles. The van der Waals surface area contributed by atoms with Crippen LogP contribution >= 0.6 is 0 Å². The van der Waals surface area contributed by atoms with E-state index in [2.05, 4.69) is 13.8 Å². The molecule has 0 rings (SSSR count). The fourth-order valence-corrected chi connectivity index (χ4v) is 2.00. The largest absolute Gasteiger partial charge is 0.506 e. The van der Waals surface area contributed by atoms with Gasteiger partial charge in [0, 0.05) is 0 Å². The van der Waals surface area contributed by atoms with Gasteiger partial charge in [-0.25, -0.2) is 4.79 Å². The van der Waals surface area contributed by atoms with E-state index in [1.165, 1.54) is 38.5 Å². The number of ether oxygens (including phenoxy) is 1. The summed E-state index contributed by atoms with van der Waals surface area (Å²) in [6.45, 7) is 4.35. The molecule has 1 N–H and O–H groups in total. The van der Waals surface area contributed by atoms with Crippen LogP contribution in [-0.2, 0) is 4.74 Å². The van der Waals surface area contributed by atoms with Crippen LogP contribution in [0.25, 0.3) is 0 Å². The van der Waals surface area contributed by atoms with Crippen molar-refractivity contribution < 1.29 is 14.6 Å². The summed E-state index contributed by atoms with van der Waals surface area (Å²) in [5.74, 6) is 0. The Bertz CT molecular complexity index is 168. The Morgan fingerprint density at radius 2 is 1.41 bits per heavy atom. The molecule has 3 nitrogen and oxygen atoms in total. The molecular weight excluding hydrogens is 216 g/mol. The van der Waals surface area contributed by atoms with Crippen LogP contribution in [0.1, 0.15) is 78.1 Å². The first-order valence-corrected chi connectivity index (χ1v) is 7.10. The predicted molar refractivity (Wildman–Crippen MR) is 70.4 cm³/mol. The molecule has 3 heteroatoms. The zero-order chi connectivity index (χ0) is 12.9. The first kappa shape index (κ1) is 16.3. The van der Waals surface area contributed by atoms with Crippen molar-refractivity contribution in [1.82, 2.24) is 0 Å². The second-order valence-electron chi connectivity index (χ2n) is 4.70. The maximum absolute atomic E-state index is 10.6. The molecule has 0 aliphatic carbocycles. The Kier molecular flexibility index (Phi) is 11.2. The monoisotopic (exact) mass is 244 g/mol. The number of unbranched alkanes of at least 4 members (excludes halogenated alkanes) is 6. The minimum absolute atomic E-state index is 0.0822. The fraction of sp³-hybridized carbons (Fsp3) is 0.929. The van der Waals surface area contributed by atoms with Crippen molar-refractivity contribution in [2.75, 3.05) is 0 Å². The molecule has 0 atom stereocenters. The van der Waals surface area contributed by atoms with Gasteiger partial charge in [-0.2, -0.15) is 0 Å². The van der Waals surface area contributed by atoms with Gasteiger partial charge < -0.3 is 9.84 Å². The second kappa shape index (κ2) is 11.7. The molecule has 0 unspecified atom stereocenters. The van der Waals surface area contributed by atoms with Crippen molar-refractivity contribution in [1.29, 1.82) is 0 Å².